The molecule has 0 atom stereocenters. The summed E-state index contributed by atoms with van der Waals surface area (Å²) in [6, 6.07) is 10.1. The van der Waals surface area contributed by atoms with E-state index in [0.717, 1.165) is 11.3 Å². The first kappa shape index (κ1) is 13.4. The number of nitrogens with one attached hydrogen (secondary N) is 1. The van der Waals surface area contributed by atoms with E-state index in [2.05, 4.69) is 10.3 Å². The minimum Gasteiger partial charge on any atom is -0.378 e. The molecule has 0 amide bonds. The van der Waals surface area contributed by atoms with Gasteiger partial charge in [0.2, 0.25) is 0 Å². The first-order valence-corrected chi connectivity index (χ1v) is 6.62. The third-order valence-electron chi connectivity index (χ3n) is 3.04. The zero-order valence-corrected chi connectivity index (χ0v) is 11.6. The number of hydrogen-bond acceptors (Lipinski definition) is 4. The number of rotatable bonds is 4. The van der Waals surface area contributed by atoms with E-state index in [4.69, 9.17) is 11.6 Å². The quantitative estimate of drug-likeness (QED) is 0.591. The Morgan fingerprint density at radius 3 is 2.90 bits per heavy atom. The number of pyridine rings is 1. The van der Waals surface area contributed by atoms with Gasteiger partial charge < -0.3 is 9.72 Å². The minimum absolute atomic E-state index is 0.0294. The second kappa shape index (κ2) is 5.41. The second-order valence-corrected chi connectivity index (χ2v) is 4.88. The summed E-state index contributed by atoms with van der Waals surface area (Å²) < 4.78 is 1.93. The van der Waals surface area contributed by atoms with Crippen molar-refractivity contribution in [2.75, 3.05) is 5.32 Å². The smallest absolute Gasteiger partial charge is 0.271 e. The predicted octanol–water partition coefficient (Wildman–Crippen LogP) is 3.51. The lowest BCUT2D eigenvalue weighted by Crippen LogP contribution is -2.00. The van der Waals surface area contributed by atoms with Crippen LogP contribution in [0, 0.1) is 10.1 Å². The summed E-state index contributed by atoms with van der Waals surface area (Å²) in [5, 5.41) is 14.1. The van der Waals surface area contributed by atoms with Crippen molar-refractivity contribution in [2.24, 2.45) is 0 Å². The number of halogens is 1. The number of imidazole rings is 1. The van der Waals surface area contributed by atoms with Crippen molar-refractivity contribution in [1.82, 2.24) is 9.38 Å². The maximum Gasteiger partial charge on any atom is 0.271 e. The molecule has 7 heteroatoms. The molecule has 0 radical (unpaired) electrons. The van der Waals surface area contributed by atoms with Gasteiger partial charge in [-0.1, -0.05) is 17.7 Å². The normalized spacial score (nSPS) is 10.7. The summed E-state index contributed by atoms with van der Waals surface area (Å²) in [5.74, 6) is 0. The Balaban J connectivity index is 1.76. The van der Waals surface area contributed by atoms with Gasteiger partial charge >= 0.3 is 0 Å². The first-order valence-electron chi connectivity index (χ1n) is 6.24. The van der Waals surface area contributed by atoms with Gasteiger partial charge in [-0.05, 0) is 18.2 Å². The summed E-state index contributed by atoms with van der Waals surface area (Å²) >= 11 is 6.03. The van der Waals surface area contributed by atoms with Crippen LogP contribution in [0.3, 0.4) is 0 Å². The highest BCUT2D eigenvalue weighted by Gasteiger charge is 2.09. The van der Waals surface area contributed by atoms with E-state index in [9.17, 15) is 10.1 Å². The van der Waals surface area contributed by atoms with Gasteiger partial charge in [0.05, 0.1) is 27.9 Å². The van der Waals surface area contributed by atoms with Gasteiger partial charge in [0.25, 0.3) is 5.69 Å². The number of nitro groups is 1. The van der Waals surface area contributed by atoms with Crippen molar-refractivity contribution in [2.45, 2.75) is 6.54 Å². The SMILES string of the molecule is O=[N+]([O-])c1ccc(NCc2cn3ccccc3n2)c(Cl)c1. The van der Waals surface area contributed by atoms with E-state index < -0.39 is 4.92 Å². The first-order chi connectivity index (χ1) is 10.1. The molecular weight excluding hydrogens is 292 g/mol. The molecule has 0 spiro atoms. The van der Waals surface area contributed by atoms with Gasteiger partial charge in [0.15, 0.2) is 0 Å². The fraction of sp³-hybridized carbons (Fsp3) is 0.0714. The van der Waals surface area contributed by atoms with Gasteiger partial charge in [-0.2, -0.15) is 0 Å². The fourth-order valence-corrected chi connectivity index (χ4v) is 2.26. The van der Waals surface area contributed by atoms with Gasteiger partial charge in [0.1, 0.15) is 5.65 Å². The number of anilines is 1. The van der Waals surface area contributed by atoms with Crippen molar-refractivity contribution in [3.8, 4) is 0 Å². The number of hydrogen-bond donors (Lipinski definition) is 1. The highest BCUT2D eigenvalue weighted by atomic mass is 35.5. The third kappa shape index (κ3) is 2.80. The maximum absolute atomic E-state index is 10.7. The number of nitrogens with zero attached hydrogens (tertiary/aromatic N) is 3. The molecule has 2 aromatic heterocycles. The number of nitro benzene ring substituents is 1. The molecule has 0 saturated carbocycles. The molecule has 0 aliphatic carbocycles. The Morgan fingerprint density at radius 1 is 1.33 bits per heavy atom. The summed E-state index contributed by atoms with van der Waals surface area (Å²) in [4.78, 5) is 14.6. The second-order valence-electron chi connectivity index (χ2n) is 4.47. The summed E-state index contributed by atoms with van der Waals surface area (Å²) in [6.07, 6.45) is 3.84. The van der Waals surface area contributed by atoms with Gasteiger partial charge in [-0.15, -0.1) is 0 Å². The topological polar surface area (TPSA) is 72.5 Å². The van der Waals surface area contributed by atoms with Crippen LogP contribution in [0.4, 0.5) is 11.4 Å². The monoisotopic (exact) mass is 302 g/mol. The van der Waals surface area contributed by atoms with Crippen molar-refractivity contribution in [3.63, 3.8) is 0 Å². The molecule has 106 valence electrons. The zero-order chi connectivity index (χ0) is 14.8. The molecule has 0 fully saturated rings. The largest absolute Gasteiger partial charge is 0.378 e. The average Bonchev–Trinajstić information content (AvgIpc) is 2.88. The molecule has 0 bridgehead atoms. The molecule has 0 unspecified atom stereocenters. The van der Waals surface area contributed by atoms with E-state index >= 15 is 0 Å². The van der Waals surface area contributed by atoms with Crippen molar-refractivity contribution < 1.29 is 4.92 Å². The van der Waals surface area contributed by atoms with E-state index in [-0.39, 0.29) is 5.69 Å². The van der Waals surface area contributed by atoms with Crippen LogP contribution in [0.15, 0.2) is 48.8 Å². The maximum atomic E-state index is 10.7. The predicted molar refractivity (Wildman–Crippen MR) is 80.6 cm³/mol. The summed E-state index contributed by atoms with van der Waals surface area (Å²) in [7, 11) is 0. The van der Waals surface area contributed by atoms with E-state index in [1.54, 1.807) is 6.07 Å². The van der Waals surface area contributed by atoms with Crippen LogP contribution in [0.1, 0.15) is 5.69 Å². The number of non-ortho nitro benzene ring substituents is 1. The Kier molecular flexibility index (Phi) is 3.45. The molecule has 3 rings (SSSR count). The highest BCUT2D eigenvalue weighted by Crippen LogP contribution is 2.26. The molecule has 1 N–H and O–H groups in total. The number of benzene rings is 1. The van der Waals surface area contributed by atoms with Crippen LogP contribution < -0.4 is 5.32 Å². The van der Waals surface area contributed by atoms with Crippen molar-refractivity contribution in [3.05, 3.63) is 69.6 Å². The molecule has 1 aromatic carbocycles. The lowest BCUT2D eigenvalue weighted by atomic mass is 10.3. The Labute approximate surface area is 125 Å². The molecule has 0 saturated heterocycles. The molecular formula is C14H11ClN4O2. The fourth-order valence-electron chi connectivity index (χ4n) is 2.02. The Bertz CT molecular complexity index is 783. The molecule has 3 aromatic rings. The highest BCUT2D eigenvalue weighted by molar-refractivity contribution is 6.33. The Hall–Kier alpha value is -2.60. The van der Waals surface area contributed by atoms with Crippen LogP contribution in [0.2, 0.25) is 5.02 Å². The van der Waals surface area contributed by atoms with Crippen LogP contribution >= 0.6 is 11.6 Å². The number of fused-ring (bicyclic) bond motifs is 1. The van der Waals surface area contributed by atoms with E-state index in [0.29, 0.717) is 17.3 Å². The van der Waals surface area contributed by atoms with Crippen LogP contribution in [-0.2, 0) is 6.54 Å². The van der Waals surface area contributed by atoms with E-state index in [1.807, 2.05) is 35.0 Å². The third-order valence-corrected chi connectivity index (χ3v) is 3.35. The lowest BCUT2D eigenvalue weighted by molar-refractivity contribution is -0.384. The molecule has 6 nitrogen and oxygen atoms in total. The molecule has 0 aliphatic heterocycles. The lowest BCUT2D eigenvalue weighted by Gasteiger charge is -2.06. The molecule has 21 heavy (non-hydrogen) atoms. The summed E-state index contributed by atoms with van der Waals surface area (Å²) in [6.45, 7) is 0.485. The van der Waals surface area contributed by atoms with Crippen LogP contribution in [-0.4, -0.2) is 14.3 Å². The van der Waals surface area contributed by atoms with Gasteiger partial charge in [-0.25, -0.2) is 4.98 Å². The Morgan fingerprint density at radius 2 is 2.19 bits per heavy atom. The van der Waals surface area contributed by atoms with Crippen LogP contribution in [0.25, 0.3) is 5.65 Å². The van der Waals surface area contributed by atoms with Gasteiger partial charge in [-0.3, -0.25) is 10.1 Å². The van der Waals surface area contributed by atoms with Crippen LogP contribution in [0.5, 0.6) is 0 Å². The van der Waals surface area contributed by atoms with Crippen molar-refractivity contribution >= 4 is 28.6 Å². The van der Waals surface area contributed by atoms with Crippen molar-refractivity contribution in [1.29, 1.82) is 0 Å². The summed E-state index contributed by atoms with van der Waals surface area (Å²) in [5.41, 5.74) is 2.33. The minimum atomic E-state index is -0.474. The molecule has 0 aliphatic rings. The zero-order valence-electron chi connectivity index (χ0n) is 10.9. The number of aromatic nitrogens is 2. The van der Waals surface area contributed by atoms with Gasteiger partial charge in [0, 0.05) is 24.5 Å². The van der Waals surface area contributed by atoms with E-state index in [1.165, 1.54) is 12.1 Å². The standard InChI is InChI=1S/C14H11ClN4O2/c15-12-7-11(19(20)21)4-5-13(12)16-8-10-9-18-6-2-1-3-14(18)17-10/h1-7,9,16H,8H2. The molecule has 2 heterocycles. The average molecular weight is 303 g/mol.